The summed E-state index contributed by atoms with van der Waals surface area (Å²) in [6, 6.07) is 10.7. The summed E-state index contributed by atoms with van der Waals surface area (Å²) in [7, 11) is 3.06. The van der Waals surface area contributed by atoms with E-state index in [2.05, 4.69) is 15.8 Å². The molecule has 2 rings (SSSR count). The second-order valence-electron chi connectivity index (χ2n) is 5.46. The van der Waals surface area contributed by atoms with Crippen LogP contribution in [0.1, 0.15) is 22.8 Å². The van der Waals surface area contributed by atoms with Gasteiger partial charge in [-0.05, 0) is 31.2 Å². The van der Waals surface area contributed by atoms with Gasteiger partial charge in [0.15, 0.2) is 0 Å². The summed E-state index contributed by atoms with van der Waals surface area (Å²) < 4.78 is 23.9. The number of amides is 2. The van der Waals surface area contributed by atoms with E-state index in [1.54, 1.807) is 32.2 Å². The first-order chi connectivity index (χ1) is 13.0. The molecule has 0 aliphatic heterocycles. The molecule has 2 aromatic carbocycles. The van der Waals surface area contributed by atoms with E-state index in [0.29, 0.717) is 22.8 Å². The molecule has 0 spiro atoms. The van der Waals surface area contributed by atoms with E-state index in [4.69, 9.17) is 9.47 Å². The highest BCUT2D eigenvalue weighted by Gasteiger charge is 2.12. The highest BCUT2D eigenvalue weighted by atomic mass is 19.1. The molecule has 0 fully saturated rings. The van der Waals surface area contributed by atoms with Crippen molar-refractivity contribution < 1.29 is 23.5 Å². The lowest BCUT2D eigenvalue weighted by atomic mass is 10.1. The standard InChI is InChI=1S/C19H20FN3O4/c1-12(14-9-8-13(26-2)10-17(14)27-3)22-23-18(24)11-21-19(25)15-6-4-5-7-16(15)20/h4-10H,11H2,1-3H3,(H,21,25)(H,23,24)/b22-12+. The molecule has 142 valence electrons. The third-order valence-electron chi connectivity index (χ3n) is 3.67. The van der Waals surface area contributed by atoms with Gasteiger partial charge in [-0.15, -0.1) is 0 Å². The lowest BCUT2D eigenvalue weighted by molar-refractivity contribution is -0.120. The summed E-state index contributed by atoms with van der Waals surface area (Å²) in [5, 5.41) is 6.34. The van der Waals surface area contributed by atoms with Crippen LogP contribution in [0.5, 0.6) is 11.5 Å². The molecule has 7 nitrogen and oxygen atoms in total. The Morgan fingerprint density at radius 3 is 2.48 bits per heavy atom. The number of methoxy groups -OCH3 is 2. The summed E-state index contributed by atoms with van der Waals surface area (Å²) in [5.74, 6) is -0.718. The molecule has 0 saturated carbocycles. The first-order valence-electron chi connectivity index (χ1n) is 8.04. The fourth-order valence-corrected chi connectivity index (χ4v) is 2.24. The molecular weight excluding hydrogens is 353 g/mol. The number of hydrazone groups is 1. The molecule has 0 heterocycles. The summed E-state index contributed by atoms with van der Waals surface area (Å²) in [5.41, 5.74) is 3.38. The van der Waals surface area contributed by atoms with Crippen LogP contribution in [0.2, 0.25) is 0 Å². The number of rotatable bonds is 7. The van der Waals surface area contributed by atoms with Crippen LogP contribution in [0.15, 0.2) is 47.6 Å². The summed E-state index contributed by atoms with van der Waals surface area (Å²) in [6.45, 7) is 1.35. The number of hydrogen-bond donors (Lipinski definition) is 2. The zero-order chi connectivity index (χ0) is 19.8. The summed E-state index contributed by atoms with van der Waals surface area (Å²) >= 11 is 0. The topological polar surface area (TPSA) is 89.0 Å². The first-order valence-corrected chi connectivity index (χ1v) is 8.04. The smallest absolute Gasteiger partial charge is 0.259 e. The zero-order valence-electron chi connectivity index (χ0n) is 15.2. The Morgan fingerprint density at radius 1 is 1.07 bits per heavy atom. The molecule has 0 atom stereocenters. The van der Waals surface area contributed by atoms with E-state index in [-0.39, 0.29) is 12.1 Å². The quantitative estimate of drug-likeness (QED) is 0.575. The predicted molar refractivity (Wildman–Crippen MR) is 98.6 cm³/mol. The van der Waals surface area contributed by atoms with Gasteiger partial charge < -0.3 is 14.8 Å². The Hall–Kier alpha value is -3.42. The Labute approximate surface area is 156 Å². The molecule has 0 radical (unpaired) electrons. The highest BCUT2D eigenvalue weighted by molar-refractivity contribution is 6.02. The SMILES string of the molecule is COc1ccc(/C(C)=N/NC(=O)CNC(=O)c2ccccc2F)c(OC)c1. The molecule has 0 bridgehead atoms. The van der Waals surface area contributed by atoms with Crippen molar-refractivity contribution in [2.75, 3.05) is 20.8 Å². The second-order valence-corrected chi connectivity index (χ2v) is 5.46. The fourth-order valence-electron chi connectivity index (χ4n) is 2.24. The van der Waals surface area contributed by atoms with E-state index in [0.717, 1.165) is 0 Å². The van der Waals surface area contributed by atoms with Gasteiger partial charge in [0.05, 0.1) is 32.0 Å². The molecule has 2 aromatic rings. The van der Waals surface area contributed by atoms with Crippen molar-refractivity contribution in [1.82, 2.24) is 10.7 Å². The molecule has 0 aromatic heterocycles. The van der Waals surface area contributed by atoms with Gasteiger partial charge in [0.2, 0.25) is 0 Å². The number of carbonyl (C=O) groups excluding carboxylic acids is 2. The molecule has 2 N–H and O–H groups in total. The van der Waals surface area contributed by atoms with Gasteiger partial charge in [-0.3, -0.25) is 9.59 Å². The van der Waals surface area contributed by atoms with Gasteiger partial charge in [-0.2, -0.15) is 5.10 Å². The Morgan fingerprint density at radius 2 is 1.81 bits per heavy atom. The van der Waals surface area contributed by atoms with Gasteiger partial charge in [0, 0.05) is 11.6 Å². The zero-order valence-corrected chi connectivity index (χ0v) is 15.2. The van der Waals surface area contributed by atoms with Crippen molar-refractivity contribution in [3.8, 4) is 11.5 Å². The van der Waals surface area contributed by atoms with Crippen LogP contribution < -0.4 is 20.2 Å². The number of ether oxygens (including phenoxy) is 2. The monoisotopic (exact) mass is 373 g/mol. The van der Waals surface area contributed by atoms with E-state index in [1.165, 1.54) is 31.4 Å². The molecule has 0 unspecified atom stereocenters. The average molecular weight is 373 g/mol. The van der Waals surface area contributed by atoms with Crippen molar-refractivity contribution in [3.63, 3.8) is 0 Å². The lowest BCUT2D eigenvalue weighted by Crippen LogP contribution is -2.35. The Kier molecular flexibility index (Phi) is 6.87. The molecule has 0 aliphatic carbocycles. The van der Waals surface area contributed by atoms with E-state index >= 15 is 0 Å². The maximum atomic E-state index is 13.5. The third-order valence-corrected chi connectivity index (χ3v) is 3.67. The lowest BCUT2D eigenvalue weighted by Gasteiger charge is -2.10. The van der Waals surface area contributed by atoms with Gasteiger partial charge in [-0.1, -0.05) is 12.1 Å². The van der Waals surface area contributed by atoms with Crippen LogP contribution in [0.3, 0.4) is 0 Å². The van der Waals surface area contributed by atoms with Gasteiger partial charge in [0.1, 0.15) is 17.3 Å². The van der Waals surface area contributed by atoms with Crippen molar-refractivity contribution >= 4 is 17.5 Å². The maximum Gasteiger partial charge on any atom is 0.259 e. The van der Waals surface area contributed by atoms with Crippen molar-refractivity contribution in [2.45, 2.75) is 6.92 Å². The molecule has 8 heteroatoms. The van der Waals surface area contributed by atoms with Crippen LogP contribution in [-0.4, -0.2) is 38.3 Å². The Bertz CT molecular complexity index is 868. The van der Waals surface area contributed by atoms with Crippen LogP contribution in [0.4, 0.5) is 4.39 Å². The third kappa shape index (κ3) is 5.27. The molecule has 0 saturated heterocycles. The summed E-state index contributed by atoms with van der Waals surface area (Å²) in [6.07, 6.45) is 0. The van der Waals surface area contributed by atoms with E-state index in [9.17, 15) is 14.0 Å². The van der Waals surface area contributed by atoms with Crippen LogP contribution in [0, 0.1) is 5.82 Å². The van der Waals surface area contributed by atoms with Crippen LogP contribution >= 0.6 is 0 Å². The largest absolute Gasteiger partial charge is 0.497 e. The highest BCUT2D eigenvalue weighted by Crippen LogP contribution is 2.24. The fraction of sp³-hybridized carbons (Fsp3) is 0.211. The molecule has 27 heavy (non-hydrogen) atoms. The van der Waals surface area contributed by atoms with E-state index in [1.807, 2.05) is 0 Å². The molecular formula is C19H20FN3O4. The maximum absolute atomic E-state index is 13.5. The second kappa shape index (κ2) is 9.33. The van der Waals surface area contributed by atoms with E-state index < -0.39 is 17.6 Å². The van der Waals surface area contributed by atoms with Crippen molar-refractivity contribution in [1.29, 1.82) is 0 Å². The molecule has 0 aliphatic rings. The number of nitrogens with zero attached hydrogens (tertiary/aromatic N) is 1. The minimum Gasteiger partial charge on any atom is -0.497 e. The van der Waals surface area contributed by atoms with Gasteiger partial charge in [-0.25, -0.2) is 9.82 Å². The van der Waals surface area contributed by atoms with Gasteiger partial charge >= 0.3 is 0 Å². The number of hydrogen-bond acceptors (Lipinski definition) is 5. The van der Waals surface area contributed by atoms with Crippen molar-refractivity contribution in [3.05, 3.63) is 59.4 Å². The number of nitrogens with one attached hydrogen (secondary N) is 2. The summed E-state index contributed by atoms with van der Waals surface area (Å²) in [4.78, 5) is 23.8. The Balaban J connectivity index is 1.96. The van der Waals surface area contributed by atoms with Crippen molar-refractivity contribution in [2.24, 2.45) is 5.10 Å². The van der Waals surface area contributed by atoms with Crippen LogP contribution in [0.25, 0.3) is 0 Å². The molecule has 2 amide bonds. The number of halogens is 1. The predicted octanol–water partition coefficient (Wildman–Crippen LogP) is 2.11. The number of benzene rings is 2. The number of carbonyl (C=O) groups is 2. The minimum absolute atomic E-state index is 0.132. The average Bonchev–Trinajstić information content (AvgIpc) is 2.69. The first kappa shape index (κ1) is 19.9. The van der Waals surface area contributed by atoms with Crippen LogP contribution in [-0.2, 0) is 4.79 Å². The van der Waals surface area contributed by atoms with Gasteiger partial charge in [0.25, 0.3) is 11.8 Å². The minimum atomic E-state index is -0.680. The normalized spacial score (nSPS) is 10.9.